The number of rotatable bonds is 5. The Morgan fingerprint density at radius 3 is 1.78 bits per heavy atom. The summed E-state index contributed by atoms with van der Waals surface area (Å²) in [6, 6.07) is 63.1. The molecule has 6 heteroatoms. The van der Waals surface area contributed by atoms with Crippen molar-refractivity contribution in [1.82, 2.24) is 19.9 Å². The second kappa shape index (κ2) is 13.0. The van der Waals surface area contributed by atoms with Gasteiger partial charge in [-0.15, -0.1) is 11.3 Å². The molecule has 0 aliphatic carbocycles. The van der Waals surface area contributed by atoms with Gasteiger partial charge in [0.2, 0.25) is 0 Å². The number of hydrogen-bond acceptors (Lipinski definition) is 6. The van der Waals surface area contributed by atoms with Crippen molar-refractivity contribution in [3.05, 3.63) is 182 Å². The van der Waals surface area contributed by atoms with Crippen LogP contribution < -0.4 is 0 Å². The van der Waals surface area contributed by atoms with E-state index in [-0.39, 0.29) is 0 Å². The lowest BCUT2D eigenvalue weighted by molar-refractivity contribution is 0.669. The summed E-state index contributed by atoms with van der Waals surface area (Å²) in [7, 11) is 0. The summed E-state index contributed by atoms with van der Waals surface area (Å²) < 4.78 is 8.65. The van der Waals surface area contributed by atoms with E-state index in [1.165, 1.54) is 15.5 Å². The van der Waals surface area contributed by atoms with Crippen molar-refractivity contribution in [2.75, 3.05) is 0 Å². The quantitative estimate of drug-likeness (QED) is 0.164. The second-order valence-corrected chi connectivity index (χ2v) is 15.6. The SMILES string of the molecule is c1ccc(-c2ccc(-c3nc(-c4cccc5c4sc4ccc6c(-c7ccccc7)nc7ccccc7c6c45)nc(-c4cccc5oc6ccccc6c45)n3)cc2)cc1. The first-order valence-electron chi connectivity index (χ1n) is 19.3. The van der Waals surface area contributed by atoms with Crippen molar-refractivity contribution in [2.45, 2.75) is 0 Å². The molecule has 4 heterocycles. The molecular formula is C52H30N4OS. The van der Waals surface area contributed by atoms with E-state index in [4.69, 9.17) is 24.4 Å². The predicted molar refractivity (Wildman–Crippen MR) is 240 cm³/mol. The average Bonchev–Trinajstić information content (AvgIpc) is 3.88. The Bertz CT molecular complexity index is 3560. The van der Waals surface area contributed by atoms with Crippen LogP contribution in [-0.2, 0) is 0 Å². The van der Waals surface area contributed by atoms with E-state index in [9.17, 15) is 0 Å². The number of aromatic nitrogens is 4. The first-order valence-corrected chi connectivity index (χ1v) is 20.1. The van der Waals surface area contributed by atoms with Crippen LogP contribution in [-0.4, -0.2) is 19.9 Å². The molecular weight excluding hydrogens is 729 g/mol. The van der Waals surface area contributed by atoms with E-state index >= 15 is 0 Å². The molecule has 4 aromatic heterocycles. The van der Waals surface area contributed by atoms with Crippen molar-refractivity contribution >= 4 is 75.1 Å². The zero-order valence-electron chi connectivity index (χ0n) is 30.9. The van der Waals surface area contributed by atoms with Crippen LogP contribution in [0.4, 0.5) is 0 Å². The van der Waals surface area contributed by atoms with Gasteiger partial charge in [0.15, 0.2) is 17.5 Å². The molecule has 8 aromatic carbocycles. The smallest absolute Gasteiger partial charge is 0.165 e. The zero-order valence-corrected chi connectivity index (χ0v) is 31.7. The molecule has 0 saturated heterocycles. The normalized spacial score (nSPS) is 11.8. The molecule has 0 unspecified atom stereocenters. The van der Waals surface area contributed by atoms with E-state index in [2.05, 4.69) is 146 Å². The molecule has 58 heavy (non-hydrogen) atoms. The Hall–Kier alpha value is -7.54. The molecule has 12 aromatic rings. The Morgan fingerprint density at radius 2 is 0.948 bits per heavy atom. The third-order valence-electron chi connectivity index (χ3n) is 11.1. The van der Waals surface area contributed by atoms with Crippen LogP contribution in [0.15, 0.2) is 186 Å². The van der Waals surface area contributed by atoms with Crippen LogP contribution in [0.3, 0.4) is 0 Å². The summed E-state index contributed by atoms with van der Waals surface area (Å²) in [5, 5.41) is 7.87. The Morgan fingerprint density at radius 1 is 0.345 bits per heavy atom. The van der Waals surface area contributed by atoms with Gasteiger partial charge in [-0.25, -0.2) is 19.9 Å². The lowest BCUT2D eigenvalue weighted by atomic mass is 9.96. The number of hydrogen-bond donors (Lipinski definition) is 0. The van der Waals surface area contributed by atoms with E-state index in [0.29, 0.717) is 17.5 Å². The highest BCUT2D eigenvalue weighted by molar-refractivity contribution is 7.26. The van der Waals surface area contributed by atoms with E-state index in [0.717, 1.165) is 87.4 Å². The van der Waals surface area contributed by atoms with Gasteiger partial charge in [-0.2, -0.15) is 0 Å². The molecule has 270 valence electrons. The Kier molecular flexibility index (Phi) is 7.33. The molecule has 0 fully saturated rings. The lowest BCUT2D eigenvalue weighted by Crippen LogP contribution is -2.00. The third kappa shape index (κ3) is 5.16. The van der Waals surface area contributed by atoms with Crippen LogP contribution in [0.2, 0.25) is 0 Å². The summed E-state index contributed by atoms with van der Waals surface area (Å²) in [6.45, 7) is 0. The van der Waals surface area contributed by atoms with E-state index in [1.807, 2.05) is 36.4 Å². The predicted octanol–water partition coefficient (Wildman–Crippen LogP) is 14.2. The highest BCUT2D eigenvalue weighted by Crippen LogP contribution is 2.46. The summed E-state index contributed by atoms with van der Waals surface area (Å²) in [4.78, 5) is 21.0. The first-order chi connectivity index (χ1) is 28.7. The van der Waals surface area contributed by atoms with Gasteiger partial charge >= 0.3 is 0 Å². The van der Waals surface area contributed by atoms with Gasteiger partial charge in [0, 0.05) is 69.4 Å². The zero-order chi connectivity index (χ0) is 38.2. The Balaban J connectivity index is 1.12. The molecule has 0 aliphatic heterocycles. The number of fused-ring (bicyclic) bond motifs is 10. The lowest BCUT2D eigenvalue weighted by Gasteiger charge is -2.12. The minimum absolute atomic E-state index is 0.595. The van der Waals surface area contributed by atoms with Crippen LogP contribution in [0.5, 0.6) is 0 Å². The molecule has 5 nitrogen and oxygen atoms in total. The van der Waals surface area contributed by atoms with Crippen LogP contribution in [0.1, 0.15) is 0 Å². The van der Waals surface area contributed by atoms with E-state index in [1.54, 1.807) is 11.3 Å². The summed E-state index contributed by atoms with van der Waals surface area (Å²) in [5.74, 6) is 1.82. The fraction of sp³-hybridized carbons (Fsp3) is 0. The van der Waals surface area contributed by atoms with Gasteiger partial charge in [0.25, 0.3) is 0 Å². The van der Waals surface area contributed by atoms with Crippen LogP contribution in [0.25, 0.3) is 120 Å². The van der Waals surface area contributed by atoms with Gasteiger partial charge in [-0.05, 0) is 41.5 Å². The van der Waals surface area contributed by atoms with E-state index < -0.39 is 0 Å². The maximum Gasteiger partial charge on any atom is 0.165 e. The van der Waals surface area contributed by atoms with Crippen LogP contribution in [0, 0.1) is 0 Å². The highest BCUT2D eigenvalue weighted by Gasteiger charge is 2.22. The number of pyridine rings is 1. The van der Waals surface area contributed by atoms with Crippen molar-refractivity contribution < 1.29 is 4.42 Å². The highest BCUT2D eigenvalue weighted by atomic mass is 32.1. The molecule has 12 rings (SSSR count). The fourth-order valence-corrected chi connectivity index (χ4v) is 9.69. The van der Waals surface area contributed by atoms with Crippen molar-refractivity contribution in [1.29, 1.82) is 0 Å². The summed E-state index contributed by atoms with van der Waals surface area (Å²) in [6.07, 6.45) is 0. The number of nitrogens with zero attached hydrogens (tertiary/aromatic N) is 4. The van der Waals surface area contributed by atoms with Crippen LogP contribution >= 0.6 is 11.3 Å². The fourth-order valence-electron chi connectivity index (χ4n) is 8.47. The third-order valence-corrected chi connectivity index (χ3v) is 12.3. The summed E-state index contributed by atoms with van der Waals surface area (Å²) in [5.41, 5.74) is 9.75. The number of thiophene rings is 1. The standard InChI is InChI=1S/C52H30N4OS/c1-3-13-31(14-4-1)32-25-27-34(28-26-32)50-54-51(39-20-12-24-43-45(39)36-18-8-10-23-42(36)57-43)56-52(55-50)40-21-11-19-38-47-44(58-49(38)40)30-29-37-46(47)35-17-7-9-22-41(35)53-48(37)33-15-5-2-6-16-33/h1-30H. The van der Waals surface area contributed by atoms with Crippen molar-refractivity contribution in [2.24, 2.45) is 0 Å². The Labute approximate surface area is 336 Å². The molecule has 0 atom stereocenters. The van der Waals surface area contributed by atoms with Gasteiger partial charge in [-0.1, -0.05) is 152 Å². The average molecular weight is 759 g/mol. The largest absolute Gasteiger partial charge is 0.456 e. The monoisotopic (exact) mass is 758 g/mol. The van der Waals surface area contributed by atoms with Gasteiger partial charge < -0.3 is 4.42 Å². The minimum Gasteiger partial charge on any atom is -0.456 e. The molecule has 0 radical (unpaired) electrons. The molecule has 0 aliphatic rings. The maximum atomic E-state index is 6.32. The van der Waals surface area contributed by atoms with Gasteiger partial charge in [-0.3, -0.25) is 0 Å². The molecule has 0 amide bonds. The summed E-state index contributed by atoms with van der Waals surface area (Å²) >= 11 is 1.78. The van der Waals surface area contributed by atoms with Crippen molar-refractivity contribution in [3.63, 3.8) is 0 Å². The first kappa shape index (κ1) is 32.7. The molecule has 0 spiro atoms. The maximum absolute atomic E-state index is 6.32. The number of furan rings is 1. The molecule has 0 N–H and O–H groups in total. The number of para-hydroxylation sites is 2. The number of benzene rings is 8. The minimum atomic E-state index is 0.595. The second-order valence-electron chi connectivity index (χ2n) is 14.5. The van der Waals surface area contributed by atoms with Gasteiger partial charge in [0.05, 0.1) is 11.2 Å². The van der Waals surface area contributed by atoms with Gasteiger partial charge in [0.1, 0.15) is 11.2 Å². The topological polar surface area (TPSA) is 64.7 Å². The molecule has 0 saturated carbocycles. The van der Waals surface area contributed by atoms with Crippen molar-refractivity contribution in [3.8, 4) is 56.5 Å². The molecule has 0 bridgehead atoms.